The number of carbonyl (C=O) groups is 1. The molecule has 0 spiro atoms. The summed E-state index contributed by atoms with van der Waals surface area (Å²) in [6.07, 6.45) is 3.15. The molecule has 158 valence electrons. The standard InChI is InChI=1S/C25H30FN3O/c1-3-18-8-7-10-20-22(17-27-25(18)20)21(19-9-5-6-11-23(19)26)16-24(30)29-14-12-28(4-2)13-15-29/h5-11,17,21,27H,3-4,12-16H2,1-2H3. The van der Waals surface area contributed by atoms with Gasteiger partial charge in [0.25, 0.3) is 0 Å². The van der Waals surface area contributed by atoms with Crippen molar-refractivity contribution in [3.8, 4) is 0 Å². The van der Waals surface area contributed by atoms with Crippen LogP contribution in [-0.4, -0.2) is 53.4 Å². The van der Waals surface area contributed by atoms with Gasteiger partial charge < -0.3 is 14.8 Å². The van der Waals surface area contributed by atoms with Crippen LogP contribution in [0.5, 0.6) is 0 Å². The Morgan fingerprint density at radius 2 is 1.80 bits per heavy atom. The lowest BCUT2D eigenvalue weighted by Crippen LogP contribution is -2.48. The van der Waals surface area contributed by atoms with Gasteiger partial charge in [-0.3, -0.25) is 4.79 Å². The van der Waals surface area contributed by atoms with E-state index in [4.69, 9.17) is 0 Å². The Bertz CT molecular complexity index is 1020. The summed E-state index contributed by atoms with van der Waals surface area (Å²) in [5.41, 5.74) is 3.89. The predicted molar refractivity (Wildman–Crippen MR) is 119 cm³/mol. The van der Waals surface area contributed by atoms with Crippen LogP contribution in [0.4, 0.5) is 4.39 Å². The van der Waals surface area contributed by atoms with E-state index in [1.165, 1.54) is 11.6 Å². The lowest BCUT2D eigenvalue weighted by Gasteiger charge is -2.35. The van der Waals surface area contributed by atoms with Crippen LogP contribution in [-0.2, 0) is 11.2 Å². The Kier molecular flexibility index (Phi) is 6.18. The summed E-state index contributed by atoms with van der Waals surface area (Å²) in [7, 11) is 0. The molecule has 2 aromatic carbocycles. The molecular formula is C25H30FN3O. The molecule has 3 aromatic rings. The Labute approximate surface area is 177 Å². The highest BCUT2D eigenvalue weighted by atomic mass is 19.1. The molecule has 1 amide bonds. The number of aromatic nitrogens is 1. The molecule has 1 fully saturated rings. The molecule has 1 saturated heterocycles. The third kappa shape index (κ3) is 3.99. The zero-order chi connectivity index (χ0) is 21.1. The van der Waals surface area contributed by atoms with Crippen LogP contribution < -0.4 is 0 Å². The number of halogens is 1. The van der Waals surface area contributed by atoms with Crippen LogP contribution in [0.1, 0.15) is 42.9 Å². The maximum absolute atomic E-state index is 14.8. The van der Waals surface area contributed by atoms with Gasteiger partial charge in [-0.2, -0.15) is 0 Å². The van der Waals surface area contributed by atoms with E-state index in [1.807, 2.05) is 29.3 Å². The normalized spacial score (nSPS) is 16.2. The quantitative estimate of drug-likeness (QED) is 0.651. The van der Waals surface area contributed by atoms with Crippen molar-refractivity contribution < 1.29 is 9.18 Å². The molecule has 30 heavy (non-hydrogen) atoms. The number of para-hydroxylation sites is 1. The van der Waals surface area contributed by atoms with Gasteiger partial charge >= 0.3 is 0 Å². The number of likely N-dealkylation sites (N-methyl/N-ethyl adjacent to an activating group) is 1. The minimum absolute atomic E-state index is 0.0972. The maximum atomic E-state index is 14.8. The van der Waals surface area contributed by atoms with Crippen molar-refractivity contribution in [2.75, 3.05) is 32.7 Å². The molecule has 5 heteroatoms. The Hall–Kier alpha value is -2.66. The number of benzene rings is 2. The number of hydrogen-bond acceptors (Lipinski definition) is 2. The zero-order valence-corrected chi connectivity index (χ0v) is 17.8. The summed E-state index contributed by atoms with van der Waals surface area (Å²) in [6, 6.07) is 13.1. The second-order valence-corrected chi connectivity index (χ2v) is 8.03. The van der Waals surface area contributed by atoms with E-state index < -0.39 is 0 Å². The van der Waals surface area contributed by atoms with Crippen LogP contribution in [0.2, 0.25) is 0 Å². The van der Waals surface area contributed by atoms with Crippen molar-refractivity contribution in [2.45, 2.75) is 32.6 Å². The van der Waals surface area contributed by atoms with Gasteiger partial charge in [0.05, 0.1) is 0 Å². The van der Waals surface area contributed by atoms with Crippen LogP contribution in [0.3, 0.4) is 0 Å². The van der Waals surface area contributed by atoms with Gasteiger partial charge in [0.2, 0.25) is 5.91 Å². The smallest absolute Gasteiger partial charge is 0.223 e. The first-order chi connectivity index (χ1) is 14.6. The molecule has 0 bridgehead atoms. The van der Waals surface area contributed by atoms with Crippen LogP contribution in [0, 0.1) is 5.82 Å². The SMILES string of the molecule is CCc1cccc2c(C(CC(=O)N3CCN(CC)CC3)c3ccccc3F)c[nH]c12. The first-order valence-electron chi connectivity index (χ1n) is 11.0. The van der Waals surface area contributed by atoms with Crippen molar-refractivity contribution in [3.05, 3.63) is 71.2 Å². The number of rotatable bonds is 6. The van der Waals surface area contributed by atoms with Gasteiger partial charge in [0.1, 0.15) is 5.82 Å². The maximum Gasteiger partial charge on any atom is 0.223 e. The number of hydrogen-bond donors (Lipinski definition) is 1. The third-order valence-electron chi connectivity index (χ3n) is 6.42. The summed E-state index contributed by atoms with van der Waals surface area (Å²) in [4.78, 5) is 20.9. The van der Waals surface area contributed by atoms with E-state index in [1.54, 1.807) is 6.07 Å². The molecule has 1 unspecified atom stereocenters. The van der Waals surface area contributed by atoms with Gasteiger partial charge in [0, 0.05) is 55.6 Å². The summed E-state index contributed by atoms with van der Waals surface area (Å²) >= 11 is 0. The van der Waals surface area contributed by atoms with E-state index >= 15 is 0 Å². The van der Waals surface area contributed by atoms with Crippen molar-refractivity contribution in [2.24, 2.45) is 0 Å². The van der Waals surface area contributed by atoms with Crippen LogP contribution in [0.25, 0.3) is 10.9 Å². The van der Waals surface area contributed by atoms with Gasteiger partial charge in [0.15, 0.2) is 0 Å². The summed E-state index contributed by atoms with van der Waals surface area (Å²) in [6.45, 7) is 8.57. The highest BCUT2D eigenvalue weighted by Crippen LogP contribution is 2.36. The molecule has 1 aromatic heterocycles. The number of aryl methyl sites for hydroxylation is 1. The van der Waals surface area contributed by atoms with Crippen molar-refractivity contribution in [1.29, 1.82) is 0 Å². The second kappa shape index (κ2) is 9.00. The van der Waals surface area contributed by atoms with Gasteiger partial charge in [-0.15, -0.1) is 0 Å². The lowest BCUT2D eigenvalue weighted by molar-refractivity contribution is -0.133. The minimum atomic E-state index is -0.316. The number of fused-ring (bicyclic) bond motifs is 1. The van der Waals surface area contributed by atoms with E-state index in [0.29, 0.717) is 5.56 Å². The fraction of sp³-hybridized carbons (Fsp3) is 0.400. The summed E-state index contributed by atoms with van der Waals surface area (Å²) in [5.74, 6) is -0.476. The number of H-pyrrole nitrogens is 1. The van der Waals surface area contributed by atoms with Crippen molar-refractivity contribution in [1.82, 2.24) is 14.8 Å². The first kappa shape index (κ1) is 20.6. The fourth-order valence-corrected chi connectivity index (χ4v) is 4.58. The van der Waals surface area contributed by atoms with Crippen molar-refractivity contribution >= 4 is 16.8 Å². The number of aromatic amines is 1. The third-order valence-corrected chi connectivity index (χ3v) is 6.42. The van der Waals surface area contributed by atoms with Crippen LogP contribution in [0.15, 0.2) is 48.7 Å². The molecule has 4 nitrogen and oxygen atoms in total. The molecule has 0 saturated carbocycles. The predicted octanol–water partition coefficient (Wildman–Crippen LogP) is 4.56. The molecule has 1 aliphatic heterocycles. The lowest BCUT2D eigenvalue weighted by atomic mass is 9.87. The van der Waals surface area contributed by atoms with E-state index in [2.05, 4.69) is 35.9 Å². The molecule has 1 aliphatic rings. The molecule has 1 N–H and O–H groups in total. The fourth-order valence-electron chi connectivity index (χ4n) is 4.58. The number of carbonyl (C=O) groups excluding carboxylic acids is 1. The Balaban J connectivity index is 1.68. The summed E-state index contributed by atoms with van der Waals surface area (Å²) in [5, 5.41) is 1.08. The number of amides is 1. The Morgan fingerprint density at radius 1 is 1.03 bits per heavy atom. The highest BCUT2D eigenvalue weighted by molar-refractivity contribution is 5.88. The average Bonchev–Trinajstić information content (AvgIpc) is 3.22. The monoisotopic (exact) mass is 407 g/mol. The molecule has 4 rings (SSSR count). The topological polar surface area (TPSA) is 39.3 Å². The number of nitrogens with zero attached hydrogens (tertiary/aromatic N) is 2. The van der Waals surface area contributed by atoms with Gasteiger partial charge in [-0.25, -0.2) is 4.39 Å². The molecule has 1 atom stereocenters. The zero-order valence-electron chi connectivity index (χ0n) is 17.8. The summed E-state index contributed by atoms with van der Waals surface area (Å²) < 4.78 is 14.8. The van der Waals surface area contributed by atoms with Gasteiger partial charge in [-0.05, 0) is 35.7 Å². The van der Waals surface area contributed by atoms with Crippen LogP contribution >= 0.6 is 0 Å². The van der Waals surface area contributed by atoms with Crippen molar-refractivity contribution in [3.63, 3.8) is 0 Å². The molecule has 0 aliphatic carbocycles. The van der Waals surface area contributed by atoms with E-state index in [9.17, 15) is 9.18 Å². The average molecular weight is 408 g/mol. The molecule has 0 radical (unpaired) electrons. The minimum Gasteiger partial charge on any atom is -0.361 e. The largest absolute Gasteiger partial charge is 0.361 e. The van der Waals surface area contributed by atoms with E-state index in [0.717, 1.165) is 55.6 Å². The number of piperazine rings is 1. The second-order valence-electron chi connectivity index (χ2n) is 8.03. The van der Waals surface area contributed by atoms with E-state index in [-0.39, 0.29) is 24.1 Å². The Morgan fingerprint density at radius 3 is 2.50 bits per heavy atom. The highest BCUT2D eigenvalue weighted by Gasteiger charge is 2.28. The number of nitrogens with one attached hydrogen (secondary N) is 1. The molecule has 2 heterocycles. The van der Waals surface area contributed by atoms with Gasteiger partial charge in [-0.1, -0.05) is 50.2 Å². The molecular weight excluding hydrogens is 377 g/mol. The first-order valence-corrected chi connectivity index (χ1v) is 11.0.